The highest BCUT2D eigenvalue weighted by Crippen LogP contribution is 2.26. The fraction of sp³-hybridized carbons (Fsp3) is 0.286. The summed E-state index contributed by atoms with van der Waals surface area (Å²) in [6.45, 7) is 2.05. The summed E-state index contributed by atoms with van der Waals surface area (Å²) in [6.07, 6.45) is 0. The van der Waals surface area contributed by atoms with Crippen molar-refractivity contribution in [3.8, 4) is 11.6 Å². The molecular weight excluding hydrogens is 256 g/mol. The maximum atomic E-state index is 5.74. The van der Waals surface area contributed by atoms with Gasteiger partial charge in [0.2, 0.25) is 11.8 Å². The lowest BCUT2D eigenvalue weighted by Gasteiger charge is -2.21. The van der Waals surface area contributed by atoms with E-state index in [1.807, 2.05) is 18.2 Å². The molecule has 20 heavy (non-hydrogen) atoms. The molecule has 2 heterocycles. The van der Waals surface area contributed by atoms with Crippen LogP contribution in [0.5, 0.6) is 11.6 Å². The molecule has 0 unspecified atom stereocenters. The lowest BCUT2D eigenvalue weighted by Crippen LogP contribution is -2.26. The van der Waals surface area contributed by atoms with Crippen molar-refractivity contribution in [2.45, 2.75) is 6.54 Å². The van der Waals surface area contributed by atoms with E-state index >= 15 is 0 Å². The summed E-state index contributed by atoms with van der Waals surface area (Å²) in [5, 5.41) is 0. The molecule has 1 aliphatic heterocycles. The number of anilines is 2. The highest BCUT2D eigenvalue weighted by Gasteiger charge is 2.17. The van der Waals surface area contributed by atoms with Crippen molar-refractivity contribution in [3.05, 3.63) is 35.9 Å². The van der Waals surface area contributed by atoms with E-state index in [1.165, 1.54) is 0 Å². The molecule has 104 valence electrons. The molecule has 0 saturated heterocycles. The number of hydrogen-bond acceptors (Lipinski definition) is 6. The number of hydrogen-bond donors (Lipinski definition) is 1. The van der Waals surface area contributed by atoms with Gasteiger partial charge in [-0.15, -0.1) is 0 Å². The summed E-state index contributed by atoms with van der Waals surface area (Å²) in [4.78, 5) is 10.4. The van der Waals surface area contributed by atoms with Gasteiger partial charge in [0.1, 0.15) is 18.2 Å². The van der Waals surface area contributed by atoms with E-state index in [0.29, 0.717) is 12.5 Å². The Morgan fingerprint density at radius 1 is 1.30 bits per heavy atom. The fourth-order valence-electron chi connectivity index (χ4n) is 2.22. The number of nitrogen functional groups attached to an aromatic ring is 1. The molecule has 1 aromatic carbocycles. The number of para-hydroxylation sites is 1. The minimum atomic E-state index is 0.206. The van der Waals surface area contributed by atoms with Crippen LogP contribution in [0.25, 0.3) is 0 Å². The van der Waals surface area contributed by atoms with Crippen LogP contribution >= 0.6 is 0 Å². The molecule has 6 nitrogen and oxygen atoms in total. The number of ether oxygens (including phenoxy) is 2. The zero-order valence-electron chi connectivity index (χ0n) is 11.2. The first-order valence-corrected chi connectivity index (χ1v) is 6.40. The number of benzene rings is 1. The maximum Gasteiger partial charge on any atom is 0.225 e. The Kier molecular flexibility index (Phi) is 3.28. The van der Waals surface area contributed by atoms with E-state index in [4.69, 9.17) is 15.2 Å². The van der Waals surface area contributed by atoms with E-state index in [9.17, 15) is 0 Å². The first-order valence-electron chi connectivity index (χ1n) is 6.40. The van der Waals surface area contributed by atoms with Gasteiger partial charge in [-0.2, -0.15) is 9.97 Å². The van der Waals surface area contributed by atoms with Crippen LogP contribution < -0.4 is 20.1 Å². The Morgan fingerprint density at radius 2 is 2.15 bits per heavy atom. The number of fused-ring (bicyclic) bond motifs is 1. The number of nitrogens with two attached hydrogens (primary N) is 1. The minimum absolute atomic E-state index is 0.206. The predicted molar refractivity (Wildman–Crippen MR) is 76.0 cm³/mol. The summed E-state index contributed by atoms with van der Waals surface area (Å²) in [5.74, 6) is 2.34. The van der Waals surface area contributed by atoms with Crippen LogP contribution in [0.1, 0.15) is 5.56 Å². The molecule has 0 radical (unpaired) electrons. The van der Waals surface area contributed by atoms with Gasteiger partial charge in [0.05, 0.1) is 13.7 Å². The van der Waals surface area contributed by atoms with Crippen LogP contribution in [-0.4, -0.2) is 30.2 Å². The molecule has 0 atom stereocenters. The lowest BCUT2D eigenvalue weighted by molar-refractivity contribution is 0.331. The smallest absolute Gasteiger partial charge is 0.225 e. The molecule has 2 N–H and O–H groups in total. The SMILES string of the molecule is COc1cc(N2CCOc3ccccc3C2)nc(N)n1. The molecule has 6 heteroatoms. The normalized spacial score (nSPS) is 14.2. The Hall–Kier alpha value is -2.50. The van der Waals surface area contributed by atoms with Gasteiger partial charge in [-0.3, -0.25) is 0 Å². The van der Waals surface area contributed by atoms with Crippen molar-refractivity contribution in [2.75, 3.05) is 30.9 Å². The molecule has 2 aromatic rings. The second kappa shape index (κ2) is 5.24. The standard InChI is InChI=1S/C14H16N4O2/c1-19-13-8-12(16-14(15)17-13)18-6-7-20-11-5-3-2-4-10(11)9-18/h2-5,8H,6-7,9H2,1H3,(H2,15,16,17). The number of aromatic nitrogens is 2. The Bertz CT molecular complexity index is 618. The van der Waals surface area contributed by atoms with Gasteiger partial charge in [0, 0.05) is 18.2 Å². The molecular formula is C14H16N4O2. The van der Waals surface area contributed by atoms with Crippen molar-refractivity contribution in [1.82, 2.24) is 9.97 Å². The molecule has 3 rings (SSSR count). The van der Waals surface area contributed by atoms with Crippen LogP contribution in [0.2, 0.25) is 0 Å². The van der Waals surface area contributed by atoms with Gasteiger partial charge in [0.25, 0.3) is 0 Å². The fourth-order valence-corrected chi connectivity index (χ4v) is 2.22. The quantitative estimate of drug-likeness (QED) is 0.892. The van der Waals surface area contributed by atoms with E-state index in [-0.39, 0.29) is 5.95 Å². The van der Waals surface area contributed by atoms with Crippen LogP contribution in [-0.2, 0) is 6.54 Å². The van der Waals surface area contributed by atoms with Gasteiger partial charge in [-0.1, -0.05) is 18.2 Å². The number of rotatable bonds is 2. The maximum absolute atomic E-state index is 5.74. The summed E-state index contributed by atoms with van der Waals surface area (Å²) in [6, 6.07) is 9.79. The summed E-state index contributed by atoms with van der Waals surface area (Å²) in [7, 11) is 1.56. The number of nitrogens with zero attached hydrogens (tertiary/aromatic N) is 3. The van der Waals surface area contributed by atoms with Gasteiger partial charge in [-0.05, 0) is 6.07 Å². The van der Waals surface area contributed by atoms with Crippen molar-refractivity contribution >= 4 is 11.8 Å². The first kappa shape index (κ1) is 12.5. The van der Waals surface area contributed by atoms with E-state index in [1.54, 1.807) is 13.2 Å². The van der Waals surface area contributed by atoms with E-state index < -0.39 is 0 Å². The predicted octanol–water partition coefficient (Wildman–Crippen LogP) is 1.47. The molecule has 0 fully saturated rings. The second-order valence-corrected chi connectivity index (χ2v) is 4.50. The van der Waals surface area contributed by atoms with Crippen LogP contribution in [0.15, 0.2) is 30.3 Å². The lowest BCUT2D eigenvalue weighted by atomic mass is 10.2. The van der Waals surface area contributed by atoms with Gasteiger partial charge in [-0.25, -0.2) is 0 Å². The summed E-state index contributed by atoms with van der Waals surface area (Å²) in [5.41, 5.74) is 6.84. The Balaban J connectivity index is 1.93. The average Bonchev–Trinajstić information content (AvgIpc) is 2.68. The van der Waals surface area contributed by atoms with Gasteiger partial charge >= 0.3 is 0 Å². The third kappa shape index (κ3) is 2.45. The van der Waals surface area contributed by atoms with Crippen LogP contribution in [0.3, 0.4) is 0 Å². The third-order valence-electron chi connectivity index (χ3n) is 3.19. The largest absolute Gasteiger partial charge is 0.491 e. The third-order valence-corrected chi connectivity index (χ3v) is 3.19. The topological polar surface area (TPSA) is 73.5 Å². The first-order chi connectivity index (χ1) is 9.76. The van der Waals surface area contributed by atoms with Crippen LogP contribution in [0, 0.1) is 0 Å². The molecule has 0 aliphatic carbocycles. The monoisotopic (exact) mass is 272 g/mol. The average molecular weight is 272 g/mol. The minimum Gasteiger partial charge on any atom is -0.491 e. The summed E-state index contributed by atoms with van der Waals surface area (Å²) < 4.78 is 10.9. The molecule has 0 bridgehead atoms. The van der Waals surface area contributed by atoms with Crippen molar-refractivity contribution in [2.24, 2.45) is 0 Å². The number of methoxy groups -OCH3 is 1. The van der Waals surface area contributed by atoms with E-state index in [2.05, 4.69) is 20.9 Å². The van der Waals surface area contributed by atoms with Gasteiger partial charge < -0.3 is 20.1 Å². The highest BCUT2D eigenvalue weighted by atomic mass is 16.5. The summed E-state index contributed by atoms with van der Waals surface area (Å²) >= 11 is 0. The Labute approximate surface area is 117 Å². The highest BCUT2D eigenvalue weighted by molar-refractivity contribution is 5.48. The molecule has 0 spiro atoms. The zero-order chi connectivity index (χ0) is 13.9. The van der Waals surface area contributed by atoms with Crippen molar-refractivity contribution in [1.29, 1.82) is 0 Å². The van der Waals surface area contributed by atoms with Gasteiger partial charge in [0.15, 0.2) is 0 Å². The van der Waals surface area contributed by atoms with E-state index in [0.717, 1.165) is 30.2 Å². The molecule has 0 saturated carbocycles. The van der Waals surface area contributed by atoms with Crippen molar-refractivity contribution < 1.29 is 9.47 Å². The zero-order valence-corrected chi connectivity index (χ0v) is 11.2. The second-order valence-electron chi connectivity index (χ2n) is 4.50. The van der Waals surface area contributed by atoms with Crippen molar-refractivity contribution in [3.63, 3.8) is 0 Å². The molecule has 0 amide bonds. The van der Waals surface area contributed by atoms with Crippen LogP contribution in [0.4, 0.5) is 11.8 Å². The Morgan fingerprint density at radius 3 is 3.00 bits per heavy atom. The molecule has 1 aromatic heterocycles. The molecule has 1 aliphatic rings.